The second-order valence-corrected chi connectivity index (χ2v) is 8.38. The first-order valence-electron chi connectivity index (χ1n) is 11.4. The summed E-state index contributed by atoms with van der Waals surface area (Å²) in [5.41, 5.74) is 0.730. The first kappa shape index (κ1) is 24.4. The molecule has 35 heavy (non-hydrogen) atoms. The predicted molar refractivity (Wildman–Crippen MR) is 127 cm³/mol. The molecule has 2 aromatic carbocycles. The van der Waals surface area contributed by atoms with Crippen LogP contribution < -0.4 is 4.74 Å². The third kappa shape index (κ3) is 5.18. The van der Waals surface area contributed by atoms with Crippen LogP contribution in [0.3, 0.4) is 0 Å². The third-order valence-corrected chi connectivity index (χ3v) is 6.30. The molecule has 0 aromatic heterocycles. The number of non-ortho nitro benzene ring substituents is 1. The predicted octanol–water partition coefficient (Wildman–Crippen LogP) is 2.75. The number of carbonyl (C=O) groups excluding carboxylic acids is 2. The molecule has 2 aromatic rings. The summed E-state index contributed by atoms with van der Waals surface area (Å²) in [5.74, 6) is -1.21. The van der Waals surface area contributed by atoms with Gasteiger partial charge in [0.15, 0.2) is 0 Å². The summed E-state index contributed by atoms with van der Waals surface area (Å²) in [6, 6.07) is 11.3. The maximum atomic E-state index is 13.1. The highest BCUT2D eigenvalue weighted by Crippen LogP contribution is 2.40. The van der Waals surface area contributed by atoms with Crippen molar-refractivity contribution in [2.45, 2.75) is 12.5 Å². The Morgan fingerprint density at radius 2 is 1.74 bits per heavy atom. The molecular formula is C25H27N3O7. The van der Waals surface area contributed by atoms with Crippen molar-refractivity contribution in [2.75, 3.05) is 46.5 Å². The molecule has 2 heterocycles. The molecule has 0 saturated carbocycles. The van der Waals surface area contributed by atoms with E-state index in [4.69, 9.17) is 9.47 Å². The molecule has 0 bridgehead atoms. The molecule has 0 spiro atoms. The number of amides is 1. The summed E-state index contributed by atoms with van der Waals surface area (Å²) in [7, 11) is 1.52. The largest absolute Gasteiger partial charge is 0.507 e. The Hall–Kier alpha value is -3.76. The number of aliphatic hydroxyl groups is 1. The molecule has 10 nitrogen and oxygen atoms in total. The second kappa shape index (κ2) is 10.7. The average molecular weight is 482 g/mol. The van der Waals surface area contributed by atoms with Crippen molar-refractivity contribution < 1.29 is 29.1 Å². The van der Waals surface area contributed by atoms with Crippen LogP contribution in [0.2, 0.25) is 0 Å². The number of ether oxygens (including phenoxy) is 2. The van der Waals surface area contributed by atoms with E-state index in [0.717, 1.165) is 19.6 Å². The molecule has 4 rings (SSSR count). The molecule has 1 amide bonds. The quantitative estimate of drug-likeness (QED) is 0.201. The number of nitro groups is 1. The zero-order chi connectivity index (χ0) is 24.9. The van der Waals surface area contributed by atoms with Gasteiger partial charge in [0.25, 0.3) is 17.4 Å². The van der Waals surface area contributed by atoms with Gasteiger partial charge in [0, 0.05) is 43.9 Å². The van der Waals surface area contributed by atoms with Crippen LogP contribution in [0.4, 0.5) is 5.69 Å². The van der Waals surface area contributed by atoms with Gasteiger partial charge in [-0.15, -0.1) is 0 Å². The Labute approximate surface area is 202 Å². The smallest absolute Gasteiger partial charge is 0.295 e. The zero-order valence-electron chi connectivity index (χ0n) is 19.4. The minimum atomic E-state index is -0.859. The Balaban J connectivity index is 1.68. The summed E-state index contributed by atoms with van der Waals surface area (Å²) in [4.78, 5) is 40.5. The monoisotopic (exact) mass is 481 g/mol. The topological polar surface area (TPSA) is 122 Å². The van der Waals surface area contributed by atoms with Gasteiger partial charge >= 0.3 is 0 Å². The Kier molecular flexibility index (Phi) is 7.42. The first-order valence-corrected chi connectivity index (χ1v) is 11.4. The lowest BCUT2D eigenvalue weighted by Gasteiger charge is -2.29. The van der Waals surface area contributed by atoms with E-state index in [-0.39, 0.29) is 17.0 Å². The fraction of sp³-hybridized carbons (Fsp3) is 0.360. The van der Waals surface area contributed by atoms with Crippen LogP contribution in [0.15, 0.2) is 54.1 Å². The van der Waals surface area contributed by atoms with Crippen LogP contribution in [0.5, 0.6) is 5.75 Å². The average Bonchev–Trinajstić information content (AvgIpc) is 3.14. The van der Waals surface area contributed by atoms with Crippen LogP contribution >= 0.6 is 0 Å². The van der Waals surface area contributed by atoms with Gasteiger partial charge in [0.1, 0.15) is 11.5 Å². The number of aliphatic hydroxyl groups excluding tert-OH is 1. The van der Waals surface area contributed by atoms with Crippen molar-refractivity contribution in [3.05, 3.63) is 75.3 Å². The van der Waals surface area contributed by atoms with E-state index in [1.165, 1.54) is 36.3 Å². The first-order chi connectivity index (χ1) is 16.9. The maximum Gasteiger partial charge on any atom is 0.295 e. The highest BCUT2D eigenvalue weighted by Gasteiger charge is 2.45. The van der Waals surface area contributed by atoms with Gasteiger partial charge in [-0.05, 0) is 48.4 Å². The third-order valence-electron chi connectivity index (χ3n) is 6.30. The van der Waals surface area contributed by atoms with Crippen LogP contribution in [0.25, 0.3) is 5.76 Å². The van der Waals surface area contributed by atoms with E-state index in [9.17, 15) is 24.8 Å². The SMILES string of the molecule is COc1ccc(C(O)=C2C(=O)C(=O)N(CCCN3CCOCC3)[C@@H]2c2ccc([N+](=O)[O-])cc2)cc1. The van der Waals surface area contributed by atoms with Gasteiger partial charge in [0.2, 0.25) is 0 Å². The van der Waals surface area contributed by atoms with Crippen molar-refractivity contribution in [3.8, 4) is 5.75 Å². The molecule has 0 unspecified atom stereocenters. The van der Waals surface area contributed by atoms with Crippen LogP contribution in [-0.4, -0.2) is 78.0 Å². The Morgan fingerprint density at radius 1 is 1.09 bits per heavy atom. The molecule has 184 valence electrons. The zero-order valence-corrected chi connectivity index (χ0v) is 19.4. The lowest BCUT2D eigenvalue weighted by Crippen LogP contribution is -2.38. The van der Waals surface area contributed by atoms with Crippen LogP contribution in [-0.2, 0) is 14.3 Å². The molecule has 1 N–H and O–H groups in total. The van der Waals surface area contributed by atoms with Crippen molar-refractivity contribution in [3.63, 3.8) is 0 Å². The van der Waals surface area contributed by atoms with E-state index >= 15 is 0 Å². The number of benzene rings is 2. The molecular weight excluding hydrogens is 454 g/mol. The van der Waals surface area contributed by atoms with Crippen LogP contribution in [0, 0.1) is 10.1 Å². The Bertz CT molecular complexity index is 1120. The van der Waals surface area contributed by atoms with Crippen LogP contribution in [0.1, 0.15) is 23.6 Å². The summed E-state index contributed by atoms with van der Waals surface area (Å²) in [6.07, 6.45) is 0.624. The van der Waals surface area contributed by atoms with E-state index in [0.29, 0.717) is 43.1 Å². The maximum absolute atomic E-state index is 13.1. The van der Waals surface area contributed by atoms with Crippen molar-refractivity contribution in [1.82, 2.24) is 9.80 Å². The number of rotatable bonds is 8. The van der Waals surface area contributed by atoms with Crippen molar-refractivity contribution in [2.24, 2.45) is 0 Å². The van der Waals surface area contributed by atoms with E-state index < -0.39 is 22.7 Å². The minimum absolute atomic E-state index is 0.0413. The fourth-order valence-corrected chi connectivity index (χ4v) is 4.43. The molecule has 0 radical (unpaired) electrons. The molecule has 10 heteroatoms. The van der Waals surface area contributed by atoms with Gasteiger partial charge in [-0.2, -0.15) is 0 Å². The summed E-state index contributed by atoms with van der Waals surface area (Å²) in [5, 5.41) is 22.2. The molecule has 1 atom stereocenters. The minimum Gasteiger partial charge on any atom is -0.507 e. The standard InChI is InChI=1S/C25H27N3O7/c1-34-20-9-5-18(6-10-20)23(29)21-22(17-3-7-19(8-4-17)28(32)33)27(25(31)24(21)30)12-2-11-26-13-15-35-16-14-26/h3-10,22,29H,2,11-16H2,1H3/t22-/m1/s1. The number of morpholine rings is 1. The number of methoxy groups -OCH3 is 1. The summed E-state index contributed by atoms with van der Waals surface area (Å²) >= 11 is 0. The van der Waals surface area contributed by atoms with Gasteiger partial charge in [-0.25, -0.2) is 0 Å². The number of nitrogens with zero attached hydrogens (tertiary/aromatic N) is 3. The second-order valence-electron chi connectivity index (χ2n) is 8.38. The van der Waals surface area contributed by atoms with E-state index in [1.807, 2.05) is 0 Å². The lowest BCUT2D eigenvalue weighted by atomic mass is 9.95. The highest BCUT2D eigenvalue weighted by molar-refractivity contribution is 6.46. The molecule has 2 saturated heterocycles. The highest BCUT2D eigenvalue weighted by atomic mass is 16.6. The fourth-order valence-electron chi connectivity index (χ4n) is 4.43. The lowest BCUT2D eigenvalue weighted by molar-refractivity contribution is -0.384. The normalized spacial score (nSPS) is 20.3. The molecule has 0 aliphatic carbocycles. The number of likely N-dealkylation sites (tertiary alicyclic amines) is 1. The molecule has 2 fully saturated rings. The number of carbonyl (C=O) groups is 2. The Morgan fingerprint density at radius 3 is 2.34 bits per heavy atom. The molecule has 2 aliphatic heterocycles. The van der Waals surface area contributed by atoms with Gasteiger partial charge in [0.05, 0.1) is 36.9 Å². The summed E-state index contributed by atoms with van der Waals surface area (Å²) < 4.78 is 10.5. The van der Waals surface area contributed by atoms with Gasteiger partial charge in [-0.1, -0.05) is 0 Å². The number of Topliss-reactive ketones (excluding diaryl/α,β-unsaturated/α-hetero) is 1. The summed E-state index contributed by atoms with van der Waals surface area (Å²) in [6.45, 7) is 3.97. The van der Waals surface area contributed by atoms with Crippen molar-refractivity contribution >= 4 is 23.1 Å². The van der Waals surface area contributed by atoms with E-state index in [1.54, 1.807) is 24.3 Å². The van der Waals surface area contributed by atoms with E-state index in [2.05, 4.69) is 4.90 Å². The van der Waals surface area contributed by atoms with Gasteiger partial charge < -0.3 is 19.5 Å². The molecule has 2 aliphatic rings. The van der Waals surface area contributed by atoms with Gasteiger partial charge in [-0.3, -0.25) is 24.6 Å². The number of nitro benzene ring substituents is 1. The van der Waals surface area contributed by atoms with Crippen molar-refractivity contribution in [1.29, 1.82) is 0 Å². The number of hydrogen-bond acceptors (Lipinski definition) is 8. The number of hydrogen-bond donors (Lipinski definition) is 1. The number of ketones is 1.